The third-order valence-corrected chi connectivity index (χ3v) is 5.85. The quantitative estimate of drug-likeness (QED) is 0.808. The number of carbonyl (C=O) groups excluding carboxylic acids is 3. The van der Waals surface area contributed by atoms with E-state index >= 15 is 0 Å². The van der Waals surface area contributed by atoms with Gasteiger partial charge in [-0.15, -0.1) is 0 Å². The maximum atomic E-state index is 12.4. The van der Waals surface area contributed by atoms with E-state index in [2.05, 4.69) is 5.32 Å². The zero-order valence-electron chi connectivity index (χ0n) is 13.0. The summed E-state index contributed by atoms with van der Waals surface area (Å²) >= 11 is 11.8. The number of halogens is 2. The number of ether oxygens (including phenoxy) is 2. The van der Waals surface area contributed by atoms with Crippen LogP contribution in [0.5, 0.6) is 0 Å². The van der Waals surface area contributed by atoms with Gasteiger partial charge in [0.25, 0.3) is 5.91 Å². The van der Waals surface area contributed by atoms with Crippen LogP contribution in [0.3, 0.4) is 0 Å². The molecule has 1 aliphatic heterocycles. The highest BCUT2D eigenvalue weighted by atomic mass is 35.5. The minimum atomic E-state index is -0.507. The molecule has 1 aromatic rings. The number of anilines is 1. The van der Waals surface area contributed by atoms with Crippen molar-refractivity contribution in [3.63, 3.8) is 0 Å². The van der Waals surface area contributed by atoms with Crippen molar-refractivity contribution >= 4 is 46.7 Å². The molecule has 3 fully saturated rings. The lowest BCUT2D eigenvalue weighted by molar-refractivity contribution is -0.157. The van der Waals surface area contributed by atoms with E-state index < -0.39 is 30.3 Å². The van der Waals surface area contributed by atoms with E-state index in [1.54, 1.807) is 12.1 Å². The number of fused-ring (bicyclic) bond motifs is 1. The Kier molecular flexibility index (Phi) is 4.12. The molecule has 2 saturated carbocycles. The summed E-state index contributed by atoms with van der Waals surface area (Å²) in [5.74, 6) is -2.01. The molecule has 1 aromatic carbocycles. The Bertz CT molecular complexity index is 765. The van der Waals surface area contributed by atoms with E-state index in [1.807, 2.05) is 0 Å². The summed E-state index contributed by atoms with van der Waals surface area (Å²) < 4.78 is 10.4. The van der Waals surface area contributed by atoms with Crippen molar-refractivity contribution in [1.82, 2.24) is 0 Å². The maximum absolute atomic E-state index is 12.4. The molecule has 0 spiro atoms. The van der Waals surface area contributed by atoms with Gasteiger partial charge in [-0.05, 0) is 37.0 Å². The monoisotopic (exact) mass is 383 g/mol. The van der Waals surface area contributed by atoms with Crippen LogP contribution in [-0.2, 0) is 23.9 Å². The second-order valence-electron chi connectivity index (χ2n) is 6.70. The van der Waals surface area contributed by atoms with Gasteiger partial charge in [-0.2, -0.15) is 0 Å². The van der Waals surface area contributed by atoms with E-state index in [1.165, 1.54) is 6.07 Å². The molecule has 25 heavy (non-hydrogen) atoms. The first kappa shape index (κ1) is 16.7. The van der Waals surface area contributed by atoms with Crippen LogP contribution in [0.25, 0.3) is 0 Å². The summed E-state index contributed by atoms with van der Waals surface area (Å²) in [6.07, 6.45) is 1.48. The Morgan fingerprint density at radius 2 is 2.08 bits per heavy atom. The SMILES string of the molecule is O=C(COC(=O)[C@@H]1[C@@H]2C[C@H]3[C@@H]1C(=O)O[C@@H]3C2)Nc1ccc(Cl)cc1Cl. The van der Waals surface area contributed by atoms with Crippen LogP contribution < -0.4 is 5.32 Å². The van der Waals surface area contributed by atoms with Crippen molar-refractivity contribution in [3.05, 3.63) is 28.2 Å². The zero-order valence-corrected chi connectivity index (χ0v) is 14.5. The van der Waals surface area contributed by atoms with Gasteiger partial charge < -0.3 is 14.8 Å². The van der Waals surface area contributed by atoms with Gasteiger partial charge in [0, 0.05) is 10.9 Å². The highest BCUT2D eigenvalue weighted by molar-refractivity contribution is 6.36. The van der Waals surface area contributed by atoms with Crippen LogP contribution in [0.4, 0.5) is 5.69 Å². The highest BCUT2D eigenvalue weighted by Crippen LogP contribution is 2.57. The predicted molar refractivity (Wildman–Crippen MR) is 89.1 cm³/mol. The lowest BCUT2D eigenvalue weighted by Crippen LogP contribution is -2.34. The first-order valence-corrected chi connectivity index (χ1v) is 8.81. The summed E-state index contributed by atoms with van der Waals surface area (Å²) in [5, 5.41) is 3.30. The summed E-state index contributed by atoms with van der Waals surface area (Å²) in [5.41, 5.74) is 0.384. The topological polar surface area (TPSA) is 81.7 Å². The summed E-state index contributed by atoms with van der Waals surface area (Å²) in [7, 11) is 0. The predicted octanol–water partition coefficient (Wildman–Crippen LogP) is 2.67. The average Bonchev–Trinajstić information content (AvgIpc) is 3.17. The molecule has 1 heterocycles. The Morgan fingerprint density at radius 1 is 1.28 bits per heavy atom. The largest absolute Gasteiger partial charge is 0.462 e. The zero-order chi connectivity index (χ0) is 17.7. The molecule has 6 nitrogen and oxygen atoms in total. The number of esters is 2. The van der Waals surface area contributed by atoms with Gasteiger partial charge in [-0.25, -0.2) is 0 Å². The molecule has 0 radical (unpaired) electrons. The first-order valence-electron chi connectivity index (χ1n) is 8.06. The van der Waals surface area contributed by atoms with Crippen molar-refractivity contribution < 1.29 is 23.9 Å². The normalized spacial score (nSPS) is 31.8. The van der Waals surface area contributed by atoms with Crippen LogP contribution in [-0.4, -0.2) is 30.6 Å². The van der Waals surface area contributed by atoms with Crippen LogP contribution in [0.2, 0.25) is 10.0 Å². The summed E-state index contributed by atoms with van der Waals surface area (Å²) in [6.45, 7) is -0.434. The number of rotatable bonds is 4. The van der Waals surface area contributed by atoms with Crippen molar-refractivity contribution in [2.45, 2.75) is 18.9 Å². The molecule has 2 bridgehead atoms. The second kappa shape index (κ2) is 6.18. The number of benzene rings is 1. The molecule has 8 heteroatoms. The van der Waals surface area contributed by atoms with Gasteiger partial charge in [0.2, 0.25) is 0 Å². The standard InChI is InChI=1S/C17H15Cl2NO5/c18-8-1-2-11(10(19)5-8)20-13(21)6-24-16(22)14-7-3-9-12(4-7)25-17(23)15(9)14/h1-2,5,7,9,12,14-15H,3-4,6H2,(H,20,21)/t7-,9-,12-,14-,15+/m1/s1. The molecule has 0 aromatic heterocycles. The fourth-order valence-corrected chi connectivity index (χ4v) is 4.79. The number of hydrogen-bond donors (Lipinski definition) is 1. The van der Waals surface area contributed by atoms with Gasteiger partial charge in [-0.3, -0.25) is 14.4 Å². The molecule has 3 aliphatic rings. The lowest BCUT2D eigenvalue weighted by Gasteiger charge is -2.22. The van der Waals surface area contributed by atoms with E-state index in [4.69, 9.17) is 32.7 Å². The van der Waals surface area contributed by atoms with E-state index in [0.717, 1.165) is 6.42 Å². The van der Waals surface area contributed by atoms with E-state index in [9.17, 15) is 14.4 Å². The number of hydrogen-bond acceptors (Lipinski definition) is 5. The molecule has 132 valence electrons. The third kappa shape index (κ3) is 2.87. The van der Waals surface area contributed by atoms with Crippen LogP contribution in [0.1, 0.15) is 12.8 Å². The fraction of sp³-hybridized carbons (Fsp3) is 0.471. The summed E-state index contributed by atoms with van der Waals surface area (Å²) in [6, 6.07) is 4.66. The van der Waals surface area contributed by atoms with Gasteiger partial charge in [-0.1, -0.05) is 23.2 Å². The van der Waals surface area contributed by atoms with E-state index in [0.29, 0.717) is 22.2 Å². The second-order valence-corrected chi connectivity index (χ2v) is 7.55. The Morgan fingerprint density at radius 3 is 2.84 bits per heavy atom. The Hall–Kier alpha value is -1.79. The third-order valence-electron chi connectivity index (χ3n) is 5.31. The van der Waals surface area contributed by atoms with Crippen LogP contribution >= 0.6 is 23.2 Å². The highest BCUT2D eigenvalue weighted by Gasteiger charge is 2.64. The number of carbonyl (C=O) groups is 3. The molecule has 1 N–H and O–H groups in total. The number of nitrogens with one attached hydrogen (secondary N) is 1. The number of amides is 1. The molecule has 4 rings (SSSR count). The van der Waals surface area contributed by atoms with Crippen LogP contribution in [0, 0.1) is 23.7 Å². The average molecular weight is 384 g/mol. The van der Waals surface area contributed by atoms with Crippen molar-refractivity contribution in [1.29, 1.82) is 0 Å². The Balaban J connectivity index is 1.34. The lowest BCUT2D eigenvalue weighted by atomic mass is 9.80. The van der Waals surface area contributed by atoms with E-state index in [-0.39, 0.29) is 23.9 Å². The van der Waals surface area contributed by atoms with Gasteiger partial charge in [0.15, 0.2) is 6.61 Å². The van der Waals surface area contributed by atoms with Gasteiger partial charge in [0.1, 0.15) is 6.10 Å². The minimum absolute atomic E-state index is 0.0399. The maximum Gasteiger partial charge on any atom is 0.310 e. The molecule has 2 aliphatic carbocycles. The van der Waals surface area contributed by atoms with Crippen molar-refractivity contribution in [2.75, 3.05) is 11.9 Å². The first-order chi connectivity index (χ1) is 11.9. The molecular formula is C17H15Cl2NO5. The van der Waals surface area contributed by atoms with Crippen molar-refractivity contribution in [2.24, 2.45) is 23.7 Å². The Labute approximate surface area is 153 Å². The molecule has 0 unspecified atom stereocenters. The van der Waals surface area contributed by atoms with Gasteiger partial charge >= 0.3 is 11.9 Å². The smallest absolute Gasteiger partial charge is 0.310 e. The molecular weight excluding hydrogens is 369 g/mol. The minimum Gasteiger partial charge on any atom is -0.462 e. The fourth-order valence-electron chi connectivity index (χ4n) is 4.34. The molecule has 5 atom stereocenters. The summed E-state index contributed by atoms with van der Waals surface area (Å²) in [4.78, 5) is 36.3. The molecule has 1 amide bonds. The van der Waals surface area contributed by atoms with Crippen LogP contribution in [0.15, 0.2) is 18.2 Å². The van der Waals surface area contributed by atoms with Gasteiger partial charge in [0.05, 0.1) is 22.5 Å². The molecule has 1 saturated heterocycles. The van der Waals surface area contributed by atoms with Crippen molar-refractivity contribution in [3.8, 4) is 0 Å².